The molecule has 0 atom stereocenters. The fourth-order valence-corrected chi connectivity index (χ4v) is 1.32. The fourth-order valence-electron chi connectivity index (χ4n) is 1.32. The molecule has 76 valence electrons. The van der Waals surface area contributed by atoms with Gasteiger partial charge in [0.2, 0.25) is 0 Å². The molecule has 0 amide bonds. The van der Waals surface area contributed by atoms with Gasteiger partial charge < -0.3 is 9.84 Å². The lowest BCUT2D eigenvalue weighted by Gasteiger charge is -2.10. The Bertz CT molecular complexity index is 385. The van der Waals surface area contributed by atoms with Crippen LogP contribution in [-0.2, 0) is 0 Å². The van der Waals surface area contributed by atoms with Crippen LogP contribution in [0.5, 0.6) is 5.75 Å². The highest BCUT2D eigenvalue weighted by molar-refractivity contribution is 5.90. The zero-order chi connectivity index (χ0) is 10.9. The lowest BCUT2D eigenvalue weighted by molar-refractivity contribution is 0.0695. The summed E-state index contributed by atoms with van der Waals surface area (Å²) in [7, 11) is 1.32. The first-order valence-electron chi connectivity index (χ1n) is 4.06. The van der Waals surface area contributed by atoms with Crippen LogP contribution in [0.15, 0.2) is 6.07 Å². The number of carboxylic acid groups (broad SMARTS) is 1. The highest BCUT2D eigenvalue weighted by atomic mass is 19.1. The minimum absolute atomic E-state index is 0.00222. The summed E-state index contributed by atoms with van der Waals surface area (Å²) in [5.74, 6) is -1.58. The maximum atomic E-state index is 13.4. The van der Waals surface area contributed by atoms with E-state index in [1.807, 2.05) is 0 Å². The molecule has 0 saturated heterocycles. The Morgan fingerprint density at radius 3 is 2.50 bits per heavy atom. The van der Waals surface area contributed by atoms with Crippen molar-refractivity contribution in [1.29, 1.82) is 0 Å². The molecule has 0 aromatic heterocycles. The van der Waals surface area contributed by atoms with Crippen LogP contribution in [0, 0.1) is 19.7 Å². The van der Waals surface area contributed by atoms with Gasteiger partial charge in [-0.15, -0.1) is 0 Å². The van der Waals surface area contributed by atoms with Crippen LogP contribution in [0.2, 0.25) is 0 Å². The van der Waals surface area contributed by atoms with Crippen LogP contribution in [0.1, 0.15) is 21.5 Å². The van der Waals surface area contributed by atoms with E-state index in [-0.39, 0.29) is 16.9 Å². The molecule has 1 rings (SSSR count). The first-order chi connectivity index (χ1) is 6.49. The number of aryl methyl sites for hydroxylation is 1. The van der Waals surface area contributed by atoms with Crippen LogP contribution in [0.4, 0.5) is 4.39 Å². The van der Waals surface area contributed by atoms with E-state index >= 15 is 0 Å². The molecular formula is C10H11FO3. The topological polar surface area (TPSA) is 46.5 Å². The van der Waals surface area contributed by atoms with Crippen molar-refractivity contribution in [3.05, 3.63) is 28.6 Å². The highest BCUT2D eigenvalue weighted by Crippen LogP contribution is 2.27. The number of halogens is 1. The minimum Gasteiger partial charge on any atom is -0.493 e. The lowest BCUT2D eigenvalue weighted by Crippen LogP contribution is -2.05. The van der Waals surface area contributed by atoms with Gasteiger partial charge in [-0.1, -0.05) is 0 Å². The lowest BCUT2D eigenvalue weighted by atomic mass is 10.0. The molecule has 0 fully saturated rings. The number of methoxy groups -OCH3 is 1. The summed E-state index contributed by atoms with van der Waals surface area (Å²) >= 11 is 0. The standard InChI is InChI=1S/C10H11FO3/c1-5-4-7(10(12)13)6(2)9(14-3)8(5)11/h4H,1-3H3,(H,12,13). The van der Waals surface area contributed by atoms with E-state index in [9.17, 15) is 9.18 Å². The number of carboxylic acids is 1. The molecule has 0 bridgehead atoms. The second-order valence-corrected chi connectivity index (χ2v) is 3.02. The molecule has 14 heavy (non-hydrogen) atoms. The monoisotopic (exact) mass is 198 g/mol. The van der Waals surface area contributed by atoms with Gasteiger partial charge in [-0.25, -0.2) is 9.18 Å². The van der Waals surface area contributed by atoms with E-state index < -0.39 is 11.8 Å². The van der Waals surface area contributed by atoms with E-state index in [1.54, 1.807) is 0 Å². The third-order valence-electron chi connectivity index (χ3n) is 2.09. The van der Waals surface area contributed by atoms with Crippen molar-refractivity contribution in [3.8, 4) is 5.75 Å². The van der Waals surface area contributed by atoms with Crippen molar-refractivity contribution < 1.29 is 19.0 Å². The van der Waals surface area contributed by atoms with Crippen molar-refractivity contribution in [2.75, 3.05) is 7.11 Å². The molecule has 4 heteroatoms. The number of aromatic carboxylic acids is 1. The molecule has 1 aromatic rings. The Hall–Kier alpha value is -1.58. The highest BCUT2D eigenvalue weighted by Gasteiger charge is 2.17. The quantitative estimate of drug-likeness (QED) is 0.791. The van der Waals surface area contributed by atoms with Crippen LogP contribution in [0.3, 0.4) is 0 Å². The SMILES string of the molecule is COc1c(C)c(C(=O)O)cc(C)c1F. The van der Waals surface area contributed by atoms with E-state index in [0.717, 1.165) is 0 Å². The van der Waals surface area contributed by atoms with Crippen molar-refractivity contribution in [1.82, 2.24) is 0 Å². The molecular weight excluding hydrogens is 187 g/mol. The van der Waals surface area contributed by atoms with Crippen LogP contribution >= 0.6 is 0 Å². The number of hydrogen-bond acceptors (Lipinski definition) is 2. The molecule has 0 spiro atoms. The third-order valence-corrected chi connectivity index (χ3v) is 2.09. The first kappa shape index (κ1) is 10.5. The van der Waals surface area contributed by atoms with E-state index in [1.165, 1.54) is 27.0 Å². The normalized spacial score (nSPS) is 10.0. The molecule has 3 nitrogen and oxygen atoms in total. The van der Waals surface area contributed by atoms with Gasteiger partial charge in [0.15, 0.2) is 11.6 Å². The molecule has 1 N–H and O–H groups in total. The zero-order valence-corrected chi connectivity index (χ0v) is 8.22. The maximum absolute atomic E-state index is 13.4. The summed E-state index contributed by atoms with van der Waals surface area (Å²) in [4.78, 5) is 10.8. The van der Waals surface area contributed by atoms with Gasteiger partial charge in [-0.3, -0.25) is 0 Å². The predicted octanol–water partition coefficient (Wildman–Crippen LogP) is 2.15. The summed E-state index contributed by atoms with van der Waals surface area (Å²) < 4.78 is 18.2. The average molecular weight is 198 g/mol. The molecule has 0 aliphatic heterocycles. The van der Waals surface area contributed by atoms with Gasteiger partial charge in [0.05, 0.1) is 12.7 Å². The Labute approximate surface area is 81.1 Å². The van der Waals surface area contributed by atoms with Gasteiger partial charge in [0.1, 0.15) is 0 Å². The number of hydrogen-bond donors (Lipinski definition) is 1. The number of rotatable bonds is 2. The summed E-state index contributed by atoms with van der Waals surface area (Å²) in [6, 6.07) is 1.30. The van der Waals surface area contributed by atoms with Crippen LogP contribution < -0.4 is 4.74 Å². The zero-order valence-electron chi connectivity index (χ0n) is 8.22. The van der Waals surface area contributed by atoms with Gasteiger partial charge in [-0.05, 0) is 25.5 Å². The molecule has 0 aliphatic carbocycles. The predicted molar refractivity (Wildman–Crippen MR) is 49.4 cm³/mol. The van der Waals surface area contributed by atoms with Gasteiger partial charge >= 0.3 is 5.97 Å². The van der Waals surface area contributed by atoms with E-state index in [2.05, 4.69) is 0 Å². The van der Waals surface area contributed by atoms with E-state index in [4.69, 9.17) is 9.84 Å². The van der Waals surface area contributed by atoms with Gasteiger partial charge in [0.25, 0.3) is 0 Å². The number of benzene rings is 1. The summed E-state index contributed by atoms with van der Waals surface area (Å²) in [6.07, 6.45) is 0. The minimum atomic E-state index is -1.08. The Kier molecular flexibility index (Phi) is 2.74. The maximum Gasteiger partial charge on any atom is 0.336 e. The third kappa shape index (κ3) is 1.55. The summed E-state index contributed by atoms with van der Waals surface area (Å²) in [6.45, 7) is 3.02. The van der Waals surface area contributed by atoms with E-state index in [0.29, 0.717) is 5.56 Å². The summed E-state index contributed by atoms with van der Waals surface area (Å²) in [5, 5.41) is 8.82. The number of carbonyl (C=O) groups is 1. The summed E-state index contributed by atoms with van der Waals surface area (Å²) in [5.41, 5.74) is 0.647. The largest absolute Gasteiger partial charge is 0.493 e. The molecule has 1 aromatic carbocycles. The Morgan fingerprint density at radius 2 is 2.07 bits per heavy atom. The number of ether oxygens (including phenoxy) is 1. The molecule has 0 unspecified atom stereocenters. The van der Waals surface area contributed by atoms with Crippen molar-refractivity contribution in [3.63, 3.8) is 0 Å². The van der Waals surface area contributed by atoms with Crippen LogP contribution in [-0.4, -0.2) is 18.2 Å². The molecule has 0 aliphatic rings. The smallest absolute Gasteiger partial charge is 0.336 e. The molecule has 0 radical (unpaired) electrons. The average Bonchev–Trinajstić information content (AvgIpc) is 2.12. The second-order valence-electron chi connectivity index (χ2n) is 3.02. The van der Waals surface area contributed by atoms with Crippen LogP contribution in [0.25, 0.3) is 0 Å². The van der Waals surface area contributed by atoms with Crippen molar-refractivity contribution in [2.24, 2.45) is 0 Å². The van der Waals surface area contributed by atoms with Crippen molar-refractivity contribution in [2.45, 2.75) is 13.8 Å². The molecule has 0 heterocycles. The Morgan fingerprint density at radius 1 is 1.50 bits per heavy atom. The van der Waals surface area contributed by atoms with Gasteiger partial charge in [0, 0.05) is 5.56 Å². The van der Waals surface area contributed by atoms with Crippen molar-refractivity contribution >= 4 is 5.97 Å². The Balaban J connectivity index is 3.50. The van der Waals surface area contributed by atoms with Gasteiger partial charge in [-0.2, -0.15) is 0 Å². The second kappa shape index (κ2) is 3.65. The molecule has 0 saturated carbocycles. The fraction of sp³-hybridized carbons (Fsp3) is 0.300. The first-order valence-corrected chi connectivity index (χ1v) is 4.06.